The summed E-state index contributed by atoms with van der Waals surface area (Å²) < 4.78 is 80.6. The van der Waals surface area contributed by atoms with Gasteiger partial charge in [0.15, 0.2) is 0 Å². The number of para-hydroxylation sites is 2. The number of rotatable bonds is 10. The van der Waals surface area contributed by atoms with Gasteiger partial charge in [-0.15, -0.1) is 0 Å². The molecule has 2 amide bonds. The van der Waals surface area contributed by atoms with E-state index in [1.165, 1.54) is 34.1 Å². The first-order chi connectivity index (χ1) is 22.5. The quantitative estimate of drug-likeness (QED) is 0.275. The van der Waals surface area contributed by atoms with Crippen LogP contribution in [0.1, 0.15) is 11.1 Å². The summed E-state index contributed by atoms with van der Waals surface area (Å²) in [6.07, 6.45) is -9.43. The topological polar surface area (TPSA) is 146 Å². The van der Waals surface area contributed by atoms with Crippen LogP contribution in [0.4, 0.5) is 37.7 Å². The molecule has 18 heteroatoms. The number of carbonyl (C=O) groups excluding carboxylic acids is 2. The van der Waals surface area contributed by atoms with Gasteiger partial charge in [-0.3, -0.25) is 38.8 Å². The van der Waals surface area contributed by atoms with Crippen molar-refractivity contribution in [1.29, 1.82) is 0 Å². The van der Waals surface area contributed by atoms with E-state index in [4.69, 9.17) is 0 Å². The van der Waals surface area contributed by atoms with Gasteiger partial charge >= 0.3 is 24.3 Å². The minimum atomic E-state index is -4.71. The number of anilines is 2. The van der Waals surface area contributed by atoms with Crippen LogP contribution in [0.25, 0.3) is 0 Å². The zero-order valence-corrected chi connectivity index (χ0v) is 25.7. The maximum Gasteiger partial charge on any atom is 0.418 e. The summed E-state index contributed by atoms with van der Waals surface area (Å²) in [5.74, 6) is -3.87. The Kier molecular flexibility index (Phi) is 13.7. The van der Waals surface area contributed by atoms with Crippen molar-refractivity contribution in [3.8, 4) is 0 Å². The summed E-state index contributed by atoms with van der Waals surface area (Å²) in [5, 5.41) is 23.5. The molecule has 2 aromatic rings. The Morgan fingerprint density at radius 1 is 0.521 bits per heavy atom. The van der Waals surface area contributed by atoms with Gasteiger partial charge in [-0.2, -0.15) is 26.3 Å². The summed E-state index contributed by atoms with van der Waals surface area (Å²) in [6.45, 7) is -0.963. The van der Waals surface area contributed by atoms with Crippen LogP contribution in [0, 0.1) is 0 Å². The Bertz CT molecular complexity index is 1300. The number of carbonyl (C=O) groups is 4. The second-order valence-corrected chi connectivity index (χ2v) is 11.1. The summed E-state index contributed by atoms with van der Waals surface area (Å²) in [6, 6.07) is 8.92. The van der Waals surface area contributed by atoms with Crippen molar-refractivity contribution in [2.24, 2.45) is 0 Å². The van der Waals surface area contributed by atoms with Crippen LogP contribution in [0.3, 0.4) is 0 Å². The summed E-state index contributed by atoms with van der Waals surface area (Å²) >= 11 is 0. The first kappa shape index (κ1) is 38.2. The van der Waals surface area contributed by atoms with Crippen LogP contribution >= 0.6 is 0 Å². The molecule has 1 saturated heterocycles. The van der Waals surface area contributed by atoms with Crippen LogP contribution in [-0.4, -0.2) is 132 Å². The van der Waals surface area contributed by atoms with Gasteiger partial charge < -0.3 is 20.8 Å². The smallest absolute Gasteiger partial charge is 0.418 e. The van der Waals surface area contributed by atoms with E-state index in [0.717, 1.165) is 24.3 Å². The first-order valence-electron chi connectivity index (χ1n) is 14.8. The molecular formula is C30H36F6N6O6. The van der Waals surface area contributed by atoms with Crippen molar-refractivity contribution < 1.29 is 55.7 Å². The van der Waals surface area contributed by atoms with Gasteiger partial charge in [-0.1, -0.05) is 24.3 Å². The van der Waals surface area contributed by atoms with E-state index in [9.17, 15) is 55.7 Å². The summed E-state index contributed by atoms with van der Waals surface area (Å²) in [5.41, 5.74) is -2.93. The lowest BCUT2D eigenvalue weighted by molar-refractivity contribution is -0.139. The third-order valence-corrected chi connectivity index (χ3v) is 7.40. The van der Waals surface area contributed by atoms with Crippen molar-refractivity contribution >= 4 is 35.1 Å². The predicted molar refractivity (Wildman–Crippen MR) is 161 cm³/mol. The average Bonchev–Trinajstić information content (AvgIpc) is 2.97. The van der Waals surface area contributed by atoms with Gasteiger partial charge in [0.25, 0.3) is 0 Å². The minimum Gasteiger partial charge on any atom is -0.480 e. The van der Waals surface area contributed by atoms with Gasteiger partial charge in [0.1, 0.15) is 0 Å². The Balaban J connectivity index is 1.75. The second kappa shape index (κ2) is 17.2. The molecule has 1 aliphatic heterocycles. The maximum absolute atomic E-state index is 13.4. The van der Waals surface area contributed by atoms with Crippen LogP contribution < -0.4 is 10.6 Å². The normalized spacial score (nSPS) is 16.8. The highest BCUT2D eigenvalue weighted by atomic mass is 19.4. The van der Waals surface area contributed by atoms with Crippen molar-refractivity contribution in [2.45, 2.75) is 12.4 Å². The molecule has 0 spiro atoms. The number of nitrogens with zero attached hydrogens (tertiary/aromatic N) is 4. The molecule has 2 aromatic carbocycles. The Morgan fingerprint density at radius 2 is 0.792 bits per heavy atom. The lowest BCUT2D eigenvalue weighted by atomic mass is 10.1. The SMILES string of the molecule is O=C(O)CN1CCN(CC(=O)Nc2ccccc2C(F)(F)F)CCN(CC(=O)O)CCN(CC(=O)Nc2ccccc2C(F)(F)F)CC1. The lowest BCUT2D eigenvalue weighted by Gasteiger charge is -2.33. The number of amides is 2. The minimum absolute atomic E-state index is 0.0800. The first-order valence-corrected chi connectivity index (χ1v) is 14.8. The molecule has 3 rings (SSSR count). The average molecular weight is 691 g/mol. The Morgan fingerprint density at radius 3 is 1.06 bits per heavy atom. The molecule has 0 aliphatic carbocycles. The largest absolute Gasteiger partial charge is 0.480 e. The molecule has 0 radical (unpaired) electrons. The molecule has 12 nitrogen and oxygen atoms in total. The maximum atomic E-state index is 13.4. The molecule has 0 unspecified atom stereocenters. The molecular weight excluding hydrogens is 654 g/mol. The van der Waals surface area contributed by atoms with Gasteiger partial charge in [0.05, 0.1) is 48.7 Å². The molecule has 1 aliphatic rings. The molecule has 0 saturated carbocycles. The van der Waals surface area contributed by atoms with Crippen molar-refractivity contribution in [3.63, 3.8) is 0 Å². The highest BCUT2D eigenvalue weighted by Crippen LogP contribution is 2.35. The molecule has 0 bridgehead atoms. The van der Waals surface area contributed by atoms with Crippen LogP contribution in [-0.2, 0) is 31.5 Å². The predicted octanol–water partition coefficient (Wildman–Crippen LogP) is 2.69. The molecule has 0 aromatic heterocycles. The van der Waals surface area contributed by atoms with Crippen LogP contribution in [0.15, 0.2) is 48.5 Å². The van der Waals surface area contributed by atoms with Crippen molar-refractivity contribution in [2.75, 3.05) is 89.2 Å². The number of benzene rings is 2. The molecule has 4 N–H and O–H groups in total. The number of aliphatic carboxylic acids is 2. The van der Waals surface area contributed by atoms with Crippen molar-refractivity contribution in [1.82, 2.24) is 19.6 Å². The standard InChI is InChI=1S/C30H36F6N6O6/c31-29(32,33)21-5-1-3-7-23(21)37-25(43)17-39-9-13-41(19-27(45)46)15-11-40(12-16-42(14-10-39)20-28(47)48)18-26(44)38-24-8-4-2-6-22(24)30(34,35)36/h1-8H,9-20H2,(H,37,43)(H,38,44)(H,45,46)(H,47,48). The molecule has 264 valence electrons. The van der Waals surface area contributed by atoms with E-state index in [1.807, 2.05) is 0 Å². The highest BCUT2D eigenvalue weighted by Gasteiger charge is 2.35. The van der Waals surface area contributed by atoms with E-state index in [-0.39, 0.29) is 65.4 Å². The second-order valence-electron chi connectivity index (χ2n) is 11.1. The van der Waals surface area contributed by atoms with Crippen molar-refractivity contribution in [3.05, 3.63) is 59.7 Å². The van der Waals surface area contributed by atoms with E-state index >= 15 is 0 Å². The van der Waals surface area contributed by atoms with Gasteiger partial charge in [-0.25, -0.2) is 0 Å². The zero-order valence-electron chi connectivity index (χ0n) is 25.7. The molecule has 0 atom stereocenters. The third-order valence-electron chi connectivity index (χ3n) is 7.40. The lowest BCUT2D eigenvalue weighted by Crippen LogP contribution is -2.49. The number of carboxylic acids is 2. The Hall–Kier alpha value is -4.26. The van der Waals surface area contributed by atoms with Gasteiger partial charge in [0.2, 0.25) is 11.8 Å². The van der Waals surface area contributed by atoms with E-state index in [1.54, 1.807) is 9.80 Å². The van der Waals surface area contributed by atoms with Crippen LogP contribution in [0.2, 0.25) is 0 Å². The summed E-state index contributed by atoms with van der Waals surface area (Å²) in [7, 11) is 0. The number of hydrogen-bond donors (Lipinski definition) is 4. The monoisotopic (exact) mass is 690 g/mol. The number of hydrogen-bond acceptors (Lipinski definition) is 8. The fraction of sp³-hybridized carbons (Fsp3) is 0.467. The molecule has 1 fully saturated rings. The zero-order chi connectivity index (χ0) is 35.5. The third kappa shape index (κ3) is 12.7. The van der Waals surface area contributed by atoms with E-state index in [2.05, 4.69) is 10.6 Å². The number of carboxylic acid groups (broad SMARTS) is 2. The van der Waals surface area contributed by atoms with Crippen LogP contribution in [0.5, 0.6) is 0 Å². The molecule has 48 heavy (non-hydrogen) atoms. The fourth-order valence-electron chi connectivity index (χ4n) is 5.06. The van der Waals surface area contributed by atoms with Gasteiger partial charge in [0, 0.05) is 52.4 Å². The summed E-state index contributed by atoms with van der Waals surface area (Å²) in [4.78, 5) is 55.1. The van der Waals surface area contributed by atoms with E-state index < -0.39 is 71.7 Å². The van der Waals surface area contributed by atoms with Gasteiger partial charge in [-0.05, 0) is 24.3 Å². The highest BCUT2D eigenvalue weighted by molar-refractivity contribution is 5.93. The number of alkyl halides is 6. The Labute approximate surface area is 271 Å². The van der Waals surface area contributed by atoms with E-state index in [0.29, 0.717) is 0 Å². The molecule has 1 heterocycles. The number of halogens is 6. The number of nitrogens with one attached hydrogen (secondary N) is 2. The fourth-order valence-corrected chi connectivity index (χ4v) is 5.06.